The first-order valence-corrected chi connectivity index (χ1v) is 38.9. The molecule has 6 heteroatoms. The molecule has 0 radical (unpaired) electrons. The first-order chi connectivity index (χ1) is 41.5. The van der Waals surface area contributed by atoms with Gasteiger partial charge >= 0.3 is 5.97 Å². The van der Waals surface area contributed by atoms with Crippen molar-refractivity contribution in [1.29, 1.82) is 0 Å². The molecule has 1 amide bonds. The molecule has 2 atom stereocenters. The van der Waals surface area contributed by atoms with Crippen LogP contribution >= 0.6 is 0 Å². The Kier molecular flexibility index (Phi) is 72.8. The molecule has 0 aliphatic carbocycles. The number of allylic oxidation sites excluding steroid dienone is 2. The lowest BCUT2D eigenvalue weighted by molar-refractivity contribution is -0.143. The van der Waals surface area contributed by atoms with E-state index >= 15 is 0 Å². The fourth-order valence-electron chi connectivity index (χ4n) is 12.6. The molecule has 6 nitrogen and oxygen atoms in total. The van der Waals surface area contributed by atoms with Crippen molar-refractivity contribution in [2.75, 3.05) is 13.2 Å². The van der Waals surface area contributed by atoms with E-state index in [0.29, 0.717) is 25.9 Å². The minimum absolute atomic E-state index is 0.0229. The Morgan fingerprint density at radius 2 is 0.560 bits per heavy atom. The Bertz CT molecular complexity index is 1270. The van der Waals surface area contributed by atoms with Crippen molar-refractivity contribution in [2.45, 2.75) is 463 Å². The summed E-state index contributed by atoms with van der Waals surface area (Å²) in [5, 5.41) is 23.4. The van der Waals surface area contributed by atoms with Crippen molar-refractivity contribution >= 4 is 11.9 Å². The molecule has 0 aliphatic rings. The molecule has 0 aromatic heterocycles. The molecular formula is C78H153NO5. The molecule has 0 bridgehead atoms. The van der Waals surface area contributed by atoms with Gasteiger partial charge in [-0.15, -0.1) is 0 Å². The Morgan fingerprint density at radius 3 is 0.845 bits per heavy atom. The number of hydrogen-bond acceptors (Lipinski definition) is 5. The van der Waals surface area contributed by atoms with Gasteiger partial charge in [0.1, 0.15) is 0 Å². The van der Waals surface area contributed by atoms with E-state index in [2.05, 4.69) is 31.3 Å². The van der Waals surface area contributed by atoms with Crippen molar-refractivity contribution in [2.24, 2.45) is 0 Å². The molecule has 84 heavy (non-hydrogen) atoms. The van der Waals surface area contributed by atoms with Gasteiger partial charge in [-0.3, -0.25) is 9.59 Å². The summed E-state index contributed by atoms with van der Waals surface area (Å²) in [4.78, 5) is 24.6. The fourth-order valence-corrected chi connectivity index (χ4v) is 12.6. The number of rotatable bonds is 74. The molecule has 0 saturated heterocycles. The largest absolute Gasteiger partial charge is 0.466 e. The van der Waals surface area contributed by atoms with E-state index in [1.807, 2.05) is 0 Å². The third-order valence-corrected chi connectivity index (χ3v) is 18.6. The molecule has 0 heterocycles. The molecule has 0 spiro atoms. The van der Waals surface area contributed by atoms with E-state index in [1.54, 1.807) is 0 Å². The standard InChI is InChI=1S/C78H153NO5/c1-3-5-7-9-11-13-15-17-19-21-36-39-42-46-50-54-58-62-66-70-76(81)75(74-80)79-77(82)71-67-63-59-55-51-47-43-40-37-34-32-30-28-26-24-22-23-25-27-29-31-33-35-38-41-45-49-53-57-61-65-69-73-84-78(83)72-68-64-60-56-52-48-44-20-18-16-14-12-10-8-6-4-2/h25,27,75-76,80-81H,3-24,26,28-74H2,1-2H3,(H,79,82)/b27-25-. The van der Waals surface area contributed by atoms with Gasteiger partial charge in [0.2, 0.25) is 5.91 Å². The van der Waals surface area contributed by atoms with Crippen LogP contribution in [0.15, 0.2) is 12.2 Å². The average molecular weight is 1190 g/mol. The number of hydrogen-bond donors (Lipinski definition) is 3. The SMILES string of the molecule is CCCCCCCCCCCCCCCCCCCCCC(O)C(CO)NC(=O)CCCCCCCCCCCCCCCCCC/C=C\CCCCCCCCCCCCCCOC(=O)CCCCCCCCCCCCCCCCCC. The third kappa shape index (κ3) is 69.7. The highest BCUT2D eigenvalue weighted by Crippen LogP contribution is 2.20. The number of unbranched alkanes of at least 4 members (excludes halogenated alkanes) is 61. The van der Waals surface area contributed by atoms with Gasteiger partial charge in [0.15, 0.2) is 0 Å². The molecule has 0 aliphatic heterocycles. The molecule has 0 aromatic rings. The van der Waals surface area contributed by atoms with Crippen molar-refractivity contribution in [3.8, 4) is 0 Å². The predicted molar refractivity (Wildman–Crippen MR) is 370 cm³/mol. The second-order valence-corrected chi connectivity index (χ2v) is 27.0. The summed E-state index contributed by atoms with van der Waals surface area (Å²) in [6, 6.07) is -0.539. The van der Waals surface area contributed by atoms with Crippen molar-refractivity contribution in [3.05, 3.63) is 12.2 Å². The Hall–Kier alpha value is -1.40. The number of carbonyl (C=O) groups is 2. The van der Waals surface area contributed by atoms with E-state index in [-0.39, 0.29) is 18.5 Å². The van der Waals surface area contributed by atoms with Gasteiger partial charge in [-0.1, -0.05) is 398 Å². The molecule has 500 valence electrons. The maximum Gasteiger partial charge on any atom is 0.305 e. The van der Waals surface area contributed by atoms with Crippen LogP contribution in [0, 0.1) is 0 Å². The molecule has 0 fully saturated rings. The lowest BCUT2D eigenvalue weighted by Crippen LogP contribution is -2.45. The summed E-state index contributed by atoms with van der Waals surface area (Å²) in [6.45, 7) is 5.01. The first-order valence-electron chi connectivity index (χ1n) is 38.9. The molecule has 3 N–H and O–H groups in total. The van der Waals surface area contributed by atoms with Crippen LogP contribution in [0.5, 0.6) is 0 Å². The normalized spacial score (nSPS) is 12.5. The molecule has 2 unspecified atom stereocenters. The second-order valence-electron chi connectivity index (χ2n) is 27.0. The van der Waals surface area contributed by atoms with Gasteiger partial charge < -0.3 is 20.3 Å². The number of aliphatic hydroxyl groups excluding tert-OH is 2. The van der Waals surface area contributed by atoms with Crippen LogP contribution in [-0.4, -0.2) is 47.4 Å². The summed E-state index contributed by atoms with van der Waals surface area (Å²) in [7, 11) is 0. The van der Waals surface area contributed by atoms with Crippen molar-refractivity contribution in [3.63, 3.8) is 0 Å². The minimum Gasteiger partial charge on any atom is -0.466 e. The average Bonchev–Trinajstić information content (AvgIpc) is 3.50. The van der Waals surface area contributed by atoms with Crippen LogP contribution in [0.4, 0.5) is 0 Å². The van der Waals surface area contributed by atoms with Gasteiger partial charge in [0.05, 0.1) is 25.4 Å². The quantitative estimate of drug-likeness (QED) is 0.0320. The highest BCUT2D eigenvalue weighted by atomic mass is 16.5. The summed E-state index contributed by atoms with van der Waals surface area (Å²) in [6.07, 6.45) is 93.0. The fraction of sp³-hybridized carbons (Fsp3) is 0.949. The lowest BCUT2D eigenvalue weighted by atomic mass is 10.0. The summed E-state index contributed by atoms with van der Waals surface area (Å²) >= 11 is 0. The monoisotopic (exact) mass is 1180 g/mol. The number of carbonyl (C=O) groups excluding carboxylic acids is 2. The van der Waals surface area contributed by atoms with Gasteiger partial charge in [-0.25, -0.2) is 0 Å². The Morgan fingerprint density at radius 1 is 0.321 bits per heavy atom. The van der Waals surface area contributed by atoms with E-state index in [1.165, 1.54) is 379 Å². The van der Waals surface area contributed by atoms with Crippen LogP contribution in [-0.2, 0) is 14.3 Å². The summed E-state index contributed by atoms with van der Waals surface area (Å²) in [5.74, 6) is -0.00433. The second kappa shape index (κ2) is 74.1. The highest BCUT2D eigenvalue weighted by Gasteiger charge is 2.20. The molecule has 0 rings (SSSR count). The van der Waals surface area contributed by atoms with Crippen LogP contribution in [0.25, 0.3) is 0 Å². The topological polar surface area (TPSA) is 95.9 Å². The van der Waals surface area contributed by atoms with Gasteiger partial charge in [-0.05, 0) is 51.4 Å². The molecule has 0 aromatic carbocycles. The predicted octanol–water partition coefficient (Wildman–Crippen LogP) is 25.5. The first kappa shape index (κ1) is 82.6. The minimum atomic E-state index is -0.663. The Labute approximate surface area is 527 Å². The number of nitrogens with one attached hydrogen (secondary N) is 1. The van der Waals surface area contributed by atoms with Crippen LogP contribution < -0.4 is 5.32 Å². The number of amides is 1. The smallest absolute Gasteiger partial charge is 0.305 e. The van der Waals surface area contributed by atoms with Crippen molar-refractivity contribution in [1.82, 2.24) is 5.32 Å². The lowest BCUT2D eigenvalue weighted by Gasteiger charge is -2.22. The third-order valence-electron chi connectivity index (χ3n) is 18.6. The van der Waals surface area contributed by atoms with Crippen LogP contribution in [0.3, 0.4) is 0 Å². The van der Waals surface area contributed by atoms with Crippen LogP contribution in [0.1, 0.15) is 450 Å². The zero-order valence-corrected chi connectivity index (χ0v) is 57.4. The zero-order chi connectivity index (χ0) is 60.6. The van der Waals surface area contributed by atoms with E-state index in [9.17, 15) is 19.8 Å². The number of ether oxygens (including phenoxy) is 1. The maximum atomic E-state index is 12.5. The molecule has 0 saturated carbocycles. The zero-order valence-electron chi connectivity index (χ0n) is 57.4. The van der Waals surface area contributed by atoms with E-state index < -0.39 is 12.1 Å². The van der Waals surface area contributed by atoms with Crippen LogP contribution in [0.2, 0.25) is 0 Å². The molecular weight excluding hydrogens is 1030 g/mol. The van der Waals surface area contributed by atoms with Gasteiger partial charge in [-0.2, -0.15) is 0 Å². The van der Waals surface area contributed by atoms with Gasteiger partial charge in [0, 0.05) is 12.8 Å². The number of aliphatic hydroxyl groups is 2. The van der Waals surface area contributed by atoms with E-state index in [4.69, 9.17) is 4.74 Å². The van der Waals surface area contributed by atoms with Crippen molar-refractivity contribution < 1.29 is 24.5 Å². The maximum absolute atomic E-state index is 12.5. The number of esters is 1. The van der Waals surface area contributed by atoms with Gasteiger partial charge in [0.25, 0.3) is 0 Å². The summed E-state index contributed by atoms with van der Waals surface area (Å²) in [5.41, 5.74) is 0. The summed E-state index contributed by atoms with van der Waals surface area (Å²) < 4.78 is 5.51. The van der Waals surface area contributed by atoms with E-state index in [0.717, 1.165) is 38.5 Å². The Balaban J connectivity index is 3.34. The highest BCUT2D eigenvalue weighted by molar-refractivity contribution is 5.76.